The second-order valence-electron chi connectivity index (χ2n) is 15.7. The van der Waals surface area contributed by atoms with E-state index in [-0.39, 0.29) is 24.4 Å². The molecule has 0 amide bonds. The van der Waals surface area contributed by atoms with Gasteiger partial charge in [0, 0.05) is 81.0 Å². The Morgan fingerprint density at radius 3 is 1.35 bits per heavy atom. The number of hydrogen-bond donors (Lipinski definition) is 0. The molecule has 16 heteroatoms. The smallest absolute Gasteiger partial charge is 0.163 e. The summed E-state index contributed by atoms with van der Waals surface area (Å²) in [6.45, 7) is 13.9. The summed E-state index contributed by atoms with van der Waals surface area (Å²) < 4.78 is 15.7. The van der Waals surface area contributed by atoms with Gasteiger partial charge in [0.15, 0.2) is 11.6 Å². The van der Waals surface area contributed by atoms with Crippen LogP contribution in [0.3, 0.4) is 0 Å². The molecule has 2 aliphatic rings. The lowest BCUT2D eigenvalue weighted by atomic mass is 9.99. The topological polar surface area (TPSA) is 139 Å². The Hall–Kier alpha value is -4.70. The Morgan fingerprint density at radius 2 is 0.968 bits per heavy atom. The third-order valence-corrected chi connectivity index (χ3v) is 14.3. The van der Waals surface area contributed by atoms with E-state index in [1.54, 1.807) is 22.7 Å². The molecule has 0 N–H and O–H groups in total. The van der Waals surface area contributed by atoms with Crippen molar-refractivity contribution in [1.82, 2.24) is 29.5 Å². The molecule has 2 aromatic carbocycles. The van der Waals surface area contributed by atoms with Crippen molar-refractivity contribution in [3.63, 3.8) is 0 Å². The first-order valence-electron chi connectivity index (χ1n) is 20.8. The van der Waals surface area contributed by atoms with E-state index in [0.717, 1.165) is 66.5 Å². The van der Waals surface area contributed by atoms with E-state index < -0.39 is 12.1 Å². The Labute approximate surface area is 379 Å². The van der Waals surface area contributed by atoms with Crippen LogP contribution in [0.4, 0.5) is 0 Å². The fraction of sp³-hybridized carbons (Fsp3) is 0.391. The molecule has 0 bridgehead atoms. The molecule has 0 radical (unpaired) electrons. The normalized spacial score (nSPS) is 15.5. The van der Waals surface area contributed by atoms with Crippen LogP contribution in [0.15, 0.2) is 58.5 Å². The van der Waals surface area contributed by atoms with Gasteiger partial charge in [0.2, 0.25) is 0 Å². The van der Waals surface area contributed by atoms with Crippen LogP contribution in [0.1, 0.15) is 117 Å². The van der Waals surface area contributed by atoms with Gasteiger partial charge in [-0.2, -0.15) is 0 Å². The SMILES string of the molecule is Cc1sc2c(c1C)C(c1ccc(Cl)cc1)=N[C@@H](CC(=O)CCCOCCOCCCC(=O)C[C@@H]1N=C(c3ccc(Cl)cc3)c3c(sc(C)c3C)-n3c(C)nnc31)c1nnc(C)n1-2. The number of ether oxygens (including phenoxy) is 2. The van der Waals surface area contributed by atoms with Crippen molar-refractivity contribution in [2.75, 3.05) is 26.4 Å². The molecule has 12 nitrogen and oxygen atoms in total. The Balaban J connectivity index is 0.801. The van der Waals surface area contributed by atoms with Crippen LogP contribution in [0.25, 0.3) is 10.0 Å². The van der Waals surface area contributed by atoms with Crippen molar-refractivity contribution in [2.45, 2.75) is 92.2 Å². The Bertz CT molecular complexity index is 2510. The van der Waals surface area contributed by atoms with Crippen molar-refractivity contribution in [3.05, 3.63) is 125 Å². The van der Waals surface area contributed by atoms with Crippen LogP contribution < -0.4 is 0 Å². The summed E-state index contributed by atoms with van der Waals surface area (Å²) in [5.41, 5.74) is 7.90. The maximum Gasteiger partial charge on any atom is 0.163 e. The summed E-state index contributed by atoms with van der Waals surface area (Å²) >= 11 is 15.9. The van der Waals surface area contributed by atoms with Gasteiger partial charge in [-0.25, -0.2) is 0 Å². The molecule has 0 saturated heterocycles. The molecule has 8 rings (SSSR count). The monoisotopic (exact) mass is 910 g/mol. The fourth-order valence-electron chi connectivity index (χ4n) is 7.97. The third-order valence-electron chi connectivity index (χ3n) is 11.4. The number of carbonyl (C=O) groups excluding carboxylic acids is 2. The highest BCUT2D eigenvalue weighted by Crippen LogP contribution is 2.41. The first-order chi connectivity index (χ1) is 29.9. The molecule has 322 valence electrons. The van der Waals surface area contributed by atoms with Crippen molar-refractivity contribution < 1.29 is 19.1 Å². The number of rotatable bonds is 17. The van der Waals surface area contributed by atoms with E-state index in [4.69, 9.17) is 42.7 Å². The number of halogens is 2. The fourth-order valence-corrected chi connectivity index (χ4v) is 10.6. The second kappa shape index (κ2) is 19.0. The van der Waals surface area contributed by atoms with E-state index in [1.165, 1.54) is 9.75 Å². The van der Waals surface area contributed by atoms with Crippen LogP contribution in [0, 0.1) is 41.5 Å². The zero-order valence-corrected chi connectivity index (χ0v) is 38.8. The first-order valence-corrected chi connectivity index (χ1v) is 23.2. The summed E-state index contributed by atoms with van der Waals surface area (Å²) in [4.78, 5) is 39.6. The molecule has 6 aromatic rings. The number of carbonyl (C=O) groups is 2. The highest BCUT2D eigenvalue weighted by Gasteiger charge is 2.34. The zero-order valence-electron chi connectivity index (χ0n) is 35.6. The first kappa shape index (κ1) is 43.9. The number of nitrogens with zero attached hydrogens (tertiary/aromatic N) is 8. The van der Waals surface area contributed by atoms with Crippen LogP contribution in [0.5, 0.6) is 0 Å². The second-order valence-corrected chi connectivity index (χ2v) is 19.0. The van der Waals surface area contributed by atoms with Gasteiger partial charge in [-0.1, -0.05) is 47.5 Å². The van der Waals surface area contributed by atoms with E-state index >= 15 is 0 Å². The molecule has 4 aromatic heterocycles. The van der Waals surface area contributed by atoms with Crippen LogP contribution >= 0.6 is 45.9 Å². The molecular formula is C46H48Cl2N8O4S2. The van der Waals surface area contributed by atoms with E-state index in [1.807, 2.05) is 62.4 Å². The number of fused-ring (bicyclic) bond motifs is 6. The summed E-state index contributed by atoms with van der Waals surface area (Å²) in [5.74, 6) is 3.01. The molecule has 2 aliphatic heterocycles. The van der Waals surface area contributed by atoms with E-state index in [0.29, 0.717) is 73.8 Å². The minimum Gasteiger partial charge on any atom is -0.379 e. The standard InChI is InChI=1S/C46H48Cl2N8O4S2/c1-25-27(3)61-45-39(25)41(31-11-15-33(47)16-12-31)49-37(43-53-51-29(5)55(43)45)23-35(57)9-7-19-59-21-22-60-20-8-10-36(58)24-38-44-54-52-30(6)56(44)46-40(26(2)28(4)62-46)42(50-38)32-13-17-34(48)18-14-32/h11-18,37-38H,7-10,19-24H2,1-6H3/t37-,38-/m0/s1. The van der Waals surface area contributed by atoms with Crippen molar-refractivity contribution in [3.8, 4) is 10.0 Å². The van der Waals surface area contributed by atoms with Crippen LogP contribution in [-0.2, 0) is 19.1 Å². The van der Waals surface area contributed by atoms with Gasteiger partial charge < -0.3 is 9.47 Å². The number of ketones is 2. The molecular weight excluding hydrogens is 864 g/mol. The van der Waals surface area contributed by atoms with Gasteiger partial charge in [-0.05, 0) is 89.8 Å². The maximum absolute atomic E-state index is 13.4. The third kappa shape index (κ3) is 9.04. The molecule has 0 aliphatic carbocycles. The minimum atomic E-state index is -0.492. The van der Waals surface area contributed by atoms with Gasteiger partial charge in [0.05, 0.1) is 24.6 Å². The number of aliphatic imine (C=N–C) groups is 2. The highest BCUT2D eigenvalue weighted by atomic mass is 35.5. The highest BCUT2D eigenvalue weighted by molar-refractivity contribution is 7.15. The molecule has 0 spiro atoms. The maximum atomic E-state index is 13.4. The number of aryl methyl sites for hydroxylation is 4. The van der Waals surface area contributed by atoms with Gasteiger partial charge in [-0.15, -0.1) is 43.1 Å². The van der Waals surface area contributed by atoms with E-state index in [9.17, 15) is 9.59 Å². The lowest BCUT2D eigenvalue weighted by molar-refractivity contribution is -0.120. The summed E-state index contributed by atoms with van der Waals surface area (Å²) in [6.07, 6.45) is 2.27. The number of hydrogen-bond acceptors (Lipinski definition) is 12. The lowest BCUT2D eigenvalue weighted by Crippen LogP contribution is -2.13. The average Bonchev–Trinajstić information content (AvgIpc) is 3.94. The summed E-state index contributed by atoms with van der Waals surface area (Å²) in [6, 6.07) is 14.4. The predicted octanol–water partition coefficient (Wildman–Crippen LogP) is 10.1. The van der Waals surface area contributed by atoms with Gasteiger partial charge in [0.1, 0.15) is 45.3 Å². The van der Waals surface area contributed by atoms with Gasteiger partial charge in [0.25, 0.3) is 0 Å². The van der Waals surface area contributed by atoms with Crippen molar-refractivity contribution in [2.24, 2.45) is 9.98 Å². The average molecular weight is 912 g/mol. The summed E-state index contributed by atoms with van der Waals surface area (Å²) in [7, 11) is 0. The molecule has 0 fully saturated rings. The number of aromatic nitrogens is 6. The lowest BCUT2D eigenvalue weighted by Gasteiger charge is -2.13. The largest absolute Gasteiger partial charge is 0.379 e. The van der Waals surface area contributed by atoms with Crippen LogP contribution in [-0.4, -0.2) is 78.9 Å². The van der Waals surface area contributed by atoms with E-state index in [2.05, 4.69) is 57.2 Å². The number of thiophene rings is 2. The number of benzene rings is 2. The van der Waals surface area contributed by atoms with Crippen molar-refractivity contribution in [1.29, 1.82) is 0 Å². The molecule has 2 atom stereocenters. The van der Waals surface area contributed by atoms with Crippen LogP contribution in [0.2, 0.25) is 10.0 Å². The molecule has 0 saturated carbocycles. The number of Topliss-reactive ketones (excluding diaryl/α,β-unsaturated/α-hetero) is 2. The Morgan fingerprint density at radius 1 is 0.581 bits per heavy atom. The van der Waals surface area contributed by atoms with Crippen molar-refractivity contribution >= 4 is 68.9 Å². The molecule has 6 heterocycles. The predicted molar refractivity (Wildman–Crippen MR) is 246 cm³/mol. The minimum absolute atomic E-state index is 0.0801. The zero-order chi connectivity index (χ0) is 43.7. The van der Waals surface area contributed by atoms with Gasteiger partial charge in [-0.3, -0.25) is 28.7 Å². The Kier molecular flexibility index (Phi) is 13.4. The molecule has 0 unspecified atom stereocenters. The summed E-state index contributed by atoms with van der Waals surface area (Å²) in [5, 5.41) is 21.2. The molecule has 62 heavy (non-hydrogen) atoms. The quantitative estimate of drug-likeness (QED) is 0.0825. The van der Waals surface area contributed by atoms with Gasteiger partial charge >= 0.3 is 0 Å².